The molecule has 0 aliphatic carbocycles. The maximum absolute atomic E-state index is 6.00. The largest absolute Gasteiger partial charge is 0.399 e. The van der Waals surface area contributed by atoms with E-state index in [0.29, 0.717) is 0 Å². The van der Waals surface area contributed by atoms with Gasteiger partial charge in [-0.15, -0.1) is 12.4 Å². The van der Waals surface area contributed by atoms with E-state index in [1.165, 1.54) is 37.8 Å². The molecule has 0 radical (unpaired) electrons. The number of halogens is 1. The number of benzene rings is 1. The zero-order chi connectivity index (χ0) is 13.0. The summed E-state index contributed by atoms with van der Waals surface area (Å²) in [5, 5.41) is 0. The van der Waals surface area contributed by atoms with Gasteiger partial charge in [-0.2, -0.15) is 0 Å². The topological polar surface area (TPSA) is 29.3 Å². The van der Waals surface area contributed by atoms with Crippen LogP contribution in [0.15, 0.2) is 24.3 Å². The molecule has 1 saturated heterocycles. The quantitative estimate of drug-likeness (QED) is 0.853. The monoisotopic (exact) mass is 282 g/mol. The lowest BCUT2D eigenvalue weighted by atomic mass is 9.88. The first-order valence-electron chi connectivity index (χ1n) is 7.24. The second-order valence-electron chi connectivity index (χ2n) is 5.68. The van der Waals surface area contributed by atoms with Gasteiger partial charge in [0.2, 0.25) is 0 Å². The van der Waals surface area contributed by atoms with Gasteiger partial charge >= 0.3 is 0 Å². The van der Waals surface area contributed by atoms with Crippen LogP contribution < -0.4 is 5.73 Å². The average molecular weight is 283 g/mol. The summed E-state index contributed by atoms with van der Waals surface area (Å²) in [6, 6.07) is 9.01. The van der Waals surface area contributed by atoms with Crippen molar-refractivity contribution in [1.82, 2.24) is 4.90 Å². The summed E-state index contributed by atoms with van der Waals surface area (Å²) in [6.07, 6.45) is 6.42. The molecule has 108 valence electrons. The van der Waals surface area contributed by atoms with Gasteiger partial charge in [-0.1, -0.05) is 31.5 Å². The lowest BCUT2D eigenvalue weighted by Crippen LogP contribution is -2.40. The van der Waals surface area contributed by atoms with Crippen molar-refractivity contribution in [3.05, 3.63) is 29.8 Å². The normalized spacial score (nSPS) is 23.9. The van der Waals surface area contributed by atoms with Crippen molar-refractivity contribution in [2.75, 3.05) is 19.3 Å². The summed E-state index contributed by atoms with van der Waals surface area (Å²) in [5.74, 6) is 0.910. The molecule has 1 aromatic rings. The molecule has 2 N–H and O–H groups in total. The minimum atomic E-state index is 0. The van der Waals surface area contributed by atoms with Gasteiger partial charge in [0.25, 0.3) is 0 Å². The molecule has 1 fully saturated rings. The zero-order valence-corrected chi connectivity index (χ0v) is 13.0. The lowest BCUT2D eigenvalue weighted by Gasteiger charge is -2.37. The summed E-state index contributed by atoms with van der Waals surface area (Å²) in [6.45, 7) is 3.58. The third kappa shape index (κ3) is 4.39. The third-order valence-electron chi connectivity index (χ3n) is 4.46. The molecule has 2 unspecified atom stereocenters. The lowest BCUT2D eigenvalue weighted by molar-refractivity contribution is 0.129. The van der Waals surface area contributed by atoms with Gasteiger partial charge in [0, 0.05) is 18.3 Å². The standard InChI is InChI=1S/C16H26N2.ClH/c1-3-13-8-10-15(18(2)12-13)11-9-14-6-4-5-7-16(14)17;/h4-7,13,15H,3,8-12,17H2,1-2H3;1H. The van der Waals surface area contributed by atoms with E-state index in [4.69, 9.17) is 5.73 Å². The van der Waals surface area contributed by atoms with E-state index in [9.17, 15) is 0 Å². The summed E-state index contributed by atoms with van der Waals surface area (Å²) >= 11 is 0. The number of nitrogen functional groups attached to an aromatic ring is 1. The van der Waals surface area contributed by atoms with Crippen molar-refractivity contribution in [3.8, 4) is 0 Å². The highest BCUT2D eigenvalue weighted by atomic mass is 35.5. The third-order valence-corrected chi connectivity index (χ3v) is 4.46. The molecular formula is C16H27ClN2. The van der Waals surface area contributed by atoms with Crippen LogP contribution in [0.2, 0.25) is 0 Å². The van der Waals surface area contributed by atoms with E-state index in [0.717, 1.165) is 24.1 Å². The molecule has 2 rings (SSSR count). The molecule has 3 heteroatoms. The Morgan fingerprint density at radius 3 is 2.63 bits per heavy atom. The van der Waals surface area contributed by atoms with Gasteiger partial charge < -0.3 is 10.6 Å². The molecule has 0 saturated carbocycles. The van der Waals surface area contributed by atoms with E-state index >= 15 is 0 Å². The molecule has 1 aliphatic heterocycles. The maximum atomic E-state index is 6.00. The number of nitrogens with two attached hydrogens (primary N) is 1. The number of piperidine rings is 1. The summed E-state index contributed by atoms with van der Waals surface area (Å²) in [7, 11) is 2.28. The Morgan fingerprint density at radius 2 is 2.00 bits per heavy atom. The number of anilines is 1. The number of rotatable bonds is 4. The van der Waals surface area contributed by atoms with E-state index < -0.39 is 0 Å². The summed E-state index contributed by atoms with van der Waals surface area (Å²) in [4.78, 5) is 2.55. The van der Waals surface area contributed by atoms with Crippen LogP contribution in [0.25, 0.3) is 0 Å². The number of nitrogens with zero attached hydrogens (tertiary/aromatic N) is 1. The fraction of sp³-hybridized carbons (Fsp3) is 0.625. The minimum Gasteiger partial charge on any atom is -0.399 e. The molecule has 1 aliphatic rings. The summed E-state index contributed by atoms with van der Waals surface area (Å²) in [5.41, 5.74) is 8.26. The highest BCUT2D eigenvalue weighted by Gasteiger charge is 2.24. The molecule has 1 heterocycles. The Kier molecular flexibility index (Phi) is 6.67. The van der Waals surface area contributed by atoms with Gasteiger partial charge in [0.15, 0.2) is 0 Å². The Bertz CT molecular complexity index is 381. The average Bonchev–Trinajstić information content (AvgIpc) is 2.39. The van der Waals surface area contributed by atoms with Crippen LogP contribution in [0, 0.1) is 5.92 Å². The Balaban J connectivity index is 0.00000180. The first-order chi connectivity index (χ1) is 8.70. The van der Waals surface area contributed by atoms with Gasteiger partial charge in [-0.05, 0) is 50.3 Å². The van der Waals surface area contributed by atoms with Gasteiger partial charge in [0.1, 0.15) is 0 Å². The number of para-hydroxylation sites is 1. The number of hydrogen-bond donors (Lipinski definition) is 1. The van der Waals surface area contributed by atoms with E-state index in [1.54, 1.807) is 0 Å². The van der Waals surface area contributed by atoms with Crippen molar-refractivity contribution in [2.45, 2.75) is 45.1 Å². The fourth-order valence-electron chi connectivity index (χ4n) is 3.08. The number of hydrogen-bond acceptors (Lipinski definition) is 2. The summed E-state index contributed by atoms with van der Waals surface area (Å²) < 4.78 is 0. The van der Waals surface area contributed by atoms with Crippen LogP contribution >= 0.6 is 12.4 Å². The van der Waals surface area contributed by atoms with Crippen LogP contribution in [0.4, 0.5) is 5.69 Å². The SMILES string of the molecule is CCC1CCC(CCc2ccccc2N)N(C)C1.Cl. The van der Waals surface area contributed by atoms with Crippen LogP contribution in [-0.2, 0) is 6.42 Å². The molecular weight excluding hydrogens is 256 g/mol. The predicted octanol–water partition coefficient (Wildman–Crippen LogP) is 3.74. The maximum Gasteiger partial charge on any atom is 0.0346 e. The zero-order valence-electron chi connectivity index (χ0n) is 12.1. The highest BCUT2D eigenvalue weighted by Crippen LogP contribution is 2.26. The van der Waals surface area contributed by atoms with Crippen LogP contribution in [0.5, 0.6) is 0 Å². The minimum absolute atomic E-state index is 0. The van der Waals surface area contributed by atoms with Crippen LogP contribution in [0.1, 0.15) is 38.2 Å². The second kappa shape index (κ2) is 7.76. The molecule has 0 bridgehead atoms. The van der Waals surface area contributed by atoms with Crippen LogP contribution in [0.3, 0.4) is 0 Å². The fourth-order valence-corrected chi connectivity index (χ4v) is 3.08. The van der Waals surface area contributed by atoms with E-state index in [1.807, 2.05) is 12.1 Å². The molecule has 0 amide bonds. The Morgan fingerprint density at radius 1 is 1.26 bits per heavy atom. The first-order valence-corrected chi connectivity index (χ1v) is 7.24. The van der Waals surface area contributed by atoms with Gasteiger partial charge in [0.05, 0.1) is 0 Å². The van der Waals surface area contributed by atoms with Crippen molar-refractivity contribution in [3.63, 3.8) is 0 Å². The highest BCUT2D eigenvalue weighted by molar-refractivity contribution is 5.85. The van der Waals surface area contributed by atoms with Crippen molar-refractivity contribution >= 4 is 18.1 Å². The number of aryl methyl sites for hydroxylation is 1. The van der Waals surface area contributed by atoms with Crippen molar-refractivity contribution in [1.29, 1.82) is 0 Å². The molecule has 1 aromatic carbocycles. The van der Waals surface area contributed by atoms with Crippen molar-refractivity contribution in [2.24, 2.45) is 5.92 Å². The van der Waals surface area contributed by atoms with Crippen molar-refractivity contribution < 1.29 is 0 Å². The predicted molar refractivity (Wildman–Crippen MR) is 85.9 cm³/mol. The van der Waals surface area contributed by atoms with E-state index in [2.05, 4.69) is 31.0 Å². The smallest absolute Gasteiger partial charge is 0.0346 e. The first kappa shape index (κ1) is 16.3. The molecule has 0 spiro atoms. The Labute approximate surface area is 123 Å². The Hall–Kier alpha value is -0.730. The number of likely N-dealkylation sites (tertiary alicyclic amines) is 1. The second-order valence-corrected chi connectivity index (χ2v) is 5.68. The van der Waals surface area contributed by atoms with Gasteiger partial charge in [-0.3, -0.25) is 0 Å². The molecule has 2 nitrogen and oxygen atoms in total. The van der Waals surface area contributed by atoms with Gasteiger partial charge in [-0.25, -0.2) is 0 Å². The van der Waals surface area contributed by atoms with Crippen LogP contribution in [-0.4, -0.2) is 24.5 Å². The molecule has 0 aromatic heterocycles. The van der Waals surface area contributed by atoms with E-state index in [-0.39, 0.29) is 12.4 Å². The molecule has 19 heavy (non-hydrogen) atoms. The molecule has 2 atom stereocenters.